The molecule has 0 spiro atoms. The first-order chi connectivity index (χ1) is 8.86. The fraction of sp³-hybridized carbons (Fsp3) is 0.647. The standard InChI is InChI=1S/C17H27N/c1-3-5-6-11-17(18-4-2)16-13-12-14-9-7-8-10-15(14)16/h7-10,16-18H,3-6,11-13H2,1-2H3. The van der Waals surface area contributed by atoms with Gasteiger partial charge in [-0.2, -0.15) is 0 Å². The van der Waals surface area contributed by atoms with Gasteiger partial charge in [0.25, 0.3) is 0 Å². The SMILES string of the molecule is CCCCCC(NCC)C1CCc2ccccc21. The van der Waals surface area contributed by atoms with E-state index in [4.69, 9.17) is 0 Å². The van der Waals surface area contributed by atoms with Crippen LogP contribution in [0.2, 0.25) is 0 Å². The summed E-state index contributed by atoms with van der Waals surface area (Å²) in [5.74, 6) is 0.748. The van der Waals surface area contributed by atoms with Gasteiger partial charge in [0.1, 0.15) is 0 Å². The topological polar surface area (TPSA) is 12.0 Å². The van der Waals surface area contributed by atoms with Crippen molar-refractivity contribution >= 4 is 0 Å². The minimum absolute atomic E-state index is 0.685. The molecule has 1 aromatic carbocycles. The van der Waals surface area contributed by atoms with Crippen molar-refractivity contribution in [2.45, 2.75) is 64.3 Å². The van der Waals surface area contributed by atoms with Gasteiger partial charge in [-0.3, -0.25) is 0 Å². The predicted molar refractivity (Wildman–Crippen MR) is 79.1 cm³/mol. The van der Waals surface area contributed by atoms with Crippen molar-refractivity contribution in [3.05, 3.63) is 35.4 Å². The van der Waals surface area contributed by atoms with Crippen LogP contribution in [-0.2, 0) is 6.42 Å². The van der Waals surface area contributed by atoms with Crippen LogP contribution >= 0.6 is 0 Å². The Balaban J connectivity index is 2.03. The summed E-state index contributed by atoms with van der Waals surface area (Å²) in [4.78, 5) is 0. The first-order valence-corrected chi connectivity index (χ1v) is 7.68. The van der Waals surface area contributed by atoms with Gasteiger partial charge in [0.05, 0.1) is 0 Å². The summed E-state index contributed by atoms with van der Waals surface area (Å²) in [6.45, 7) is 5.61. The normalized spacial score (nSPS) is 19.8. The van der Waals surface area contributed by atoms with E-state index in [9.17, 15) is 0 Å². The van der Waals surface area contributed by atoms with E-state index in [1.165, 1.54) is 38.5 Å². The summed E-state index contributed by atoms with van der Waals surface area (Å²) in [6.07, 6.45) is 8.00. The third-order valence-electron chi connectivity index (χ3n) is 4.25. The van der Waals surface area contributed by atoms with Gasteiger partial charge in [-0.05, 0) is 42.9 Å². The molecule has 1 nitrogen and oxygen atoms in total. The van der Waals surface area contributed by atoms with Crippen LogP contribution in [0.25, 0.3) is 0 Å². The Morgan fingerprint density at radius 2 is 2.06 bits per heavy atom. The monoisotopic (exact) mass is 245 g/mol. The van der Waals surface area contributed by atoms with E-state index >= 15 is 0 Å². The minimum Gasteiger partial charge on any atom is -0.314 e. The Kier molecular flexibility index (Phi) is 5.25. The largest absolute Gasteiger partial charge is 0.314 e. The van der Waals surface area contributed by atoms with Gasteiger partial charge in [-0.25, -0.2) is 0 Å². The molecule has 0 radical (unpaired) electrons. The quantitative estimate of drug-likeness (QED) is 0.707. The summed E-state index contributed by atoms with van der Waals surface area (Å²) in [5, 5.41) is 3.72. The zero-order valence-electron chi connectivity index (χ0n) is 11.9. The van der Waals surface area contributed by atoms with E-state index in [0.717, 1.165) is 12.5 Å². The lowest BCUT2D eigenvalue weighted by Crippen LogP contribution is -2.34. The maximum atomic E-state index is 3.72. The van der Waals surface area contributed by atoms with Crippen molar-refractivity contribution in [2.75, 3.05) is 6.54 Å². The highest BCUT2D eigenvalue weighted by atomic mass is 14.9. The van der Waals surface area contributed by atoms with E-state index in [1.807, 2.05) is 0 Å². The van der Waals surface area contributed by atoms with Crippen molar-refractivity contribution in [3.63, 3.8) is 0 Å². The second-order valence-corrected chi connectivity index (χ2v) is 5.50. The first-order valence-electron chi connectivity index (χ1n) is 7.68. The maximum absolute atomic E-state index is 3.72. The van der Waals surface area contributed by atoms with E-state index in [0.29, 0.717) is 6.04 Å². The lowest BCUT2D eigenvalue weighted by molar-refractivity contribution is 0.399. The van der Waals surface area contributed by atoms with Gasteiger partial charge in [-0.1, -0.05) is 57.4 Å². The summed E-state index contributed by atoms with van der Waals surface area (Å²) in [6, 6.07) is 9.72. The Morgan fingerprint density at radius 1 is 1.22 bits per heavy atom. The van der Waals surface area contributed by atoms with Crippen LogP contribution in [0.1, 0.15) is 63.0 Å². The maximum Gasteiger partial charge on any atom is 0.0136 e. The van der Waals surface area contributed by atoms with Gasteiger partial charge < -0.3 is 5.32 Å². The Hall–Kier alpha value is -0.820. The molecule has 1 aliphatic carbocycles. The number of hydrogen-bond donors (Lipinski definition) is 1. The van der Waals surface area contributed by atoms with Gasteiger partial charge in [0.15, 0.2) is 0 Å². The summed E-state index contributed by atoms with van der Waals surface area (Å²) in [5.41, 5.74) is 3.20. The molecule has 0 aliphatic heterocycles. The van der Waals surface area contributed by atoms with Gasteiger partial charge in [0, 0.05) is 6.04 Å². The zero-order valence-corrected chi connectivity index (χ0v) is 11.9. The number of hydrogen-bond acceptors (Lipinski definition) is 1. The number of rotatable bonds is 7. The van der Waals surface area contributed by atoms with Crippen LogP contribution in [-0.4, -0.2) is 12.6 Å². The summed E-state index contributed by atoms with van der Waals surface area (Å²) < 4.78 is 0. The van der Waals surface area contributed by atoms with Gasteiger partial charge >= 0.3 is 0 Å². The fourth-order valence-corrected chi connectivity index (χ4v) is 3.33. The Morgan fingerprint density at radius 3 is 2.83 bits per heavy atom. The molecule has 100 valence electrons. The smallest absolute Gasteiger partial charge is 0.0136 e. The second kappa shape index (κ2) is 6.94. The van der Waals surface area contributed by atoms with Crippen molar-refractivity contribution < 1.29 is 0 Å². The fourth-order valence-electron chi connectivity index (χ4n) is 3.33. The van der Waals surface area contributed by atoms with Gasteiger partial charge in [-0.15, -0.1) is 0 Å². The number of nitrogens with one attached hydrogen (secondary N) is 1. The van der Waals surface area contributed by atoms with Crippen LogP contribution in [0.3, 0.4) is 0 Å². The molecule has 1 N–H and O–H groups in total. The molecule has 0 aromatic heterocycles. The van der Waals surface area contributed by atoms with Crippen LogP contribution in [0.15, 0.2) is 24.3 Å². The third-order valence-corrected chi connectivity index (χ3v) is 4.25. The van der Waals surface area contributed by atoms with Crippen molar-refractivity contribution in [1.82, 2.24) is 5.32 Å². The Labute approximate surface area is 112 Å². The average molecular weight is 245 g/mol. The summed E-state index contributed by atoms with van der Waals surface area (Å²) in [7, 11) is 0. The molecule has 0 heterocycles. The lowest BCUT2D eigenvalue weighted by atomic mass is 9.89. The van der Waals surface area contributed by atoms with E-state index in [1.54, 1.807) is 11.1 Å². The number of unbranched alkanes of at least 4 members (excludes halogenated alkanes) is 2. The Bertz CT molecular complexity index is 358. The van der Waals surface area contributed by atoms with Gasteiger partial charge in [0.2, 0.25) is 0 Å². The van der Waals surface area contributed by atoms with Crippen molar-refractivity contribution in [3.8, 4) is 0 Å². The molecule has 0 saturated heterocycles. The van der Waals surface area contributed by atoms with Crippen molar-refractivity contribution in [1.29, 1.82) is 0 Å². The van der Waals surface area contributed by atoms with Crippen LogP contribution in [0.4, 0.5) is 0 Å². The number of aryl methyl sites for hydroxylation is 1. The third kappa shape index (κ3) is 3.14. The first kappa shape index (κ1) is 13.6. The molecule has 2 atom stereocenters. The molecule has 0 saturated carbocycles. The molecule has 0 fully saturated rings. The van der Waals surface area contributed by atoms with Crippen LogP contribution < -0.4 is 5.32 Å². The molecular formula is C17H27N. The number of fused-ring (bicyclic) bond motifs is 1. The van der Waals surface area contributed by atoms with E-state index in [-0.39, 0.29) is 0 Å². The second-order valence-electron chi connectivity index (χ2n) is 5.50. The van der Waals surface area contributed by atoms with Crippen molar-refractivity contribution in [2.24, 2.45) is 0 Å². The molecule has 2 unspecified atom stereocenters. The molecule has 1 heteroatoms. The van der Waals surface area contributed by atoms with Crippen LogP contribution in [0.5, 0.6) is 0 Å². The van der Waals surface area contributed by atoms with E-state index < -0.39 is 0 Å². The van der Waals surface area contributed by atoms with Crippen LogP contribution in [0, 0.1) is 0 Å². The molecule has 2 rings (SSSR count). The number of likely N-dealkylation sites (N-methyl/N-ethyl adjacent to an activating group) is 1. The summed E-state index contributed by atoms with van der Waals surface area (Å²) >= 11 is 0. The average Bonchev–Trinajstić information content (AvgIpc) is 2.82. The minimum atomic E-state index is 0.685. The molecule has 1 aromatic rings. The molecule has 1 aliphatic rings. The zero-order chi connectivity index (χ0) is 12.8. The number of benzene rings is 1. The molecule has 0 amide bonds. The highest BCUT2D eigenvalue weighted by molar-refractivity contribution is 5.36. The highest BCUT2D eigenvalue weighted by Gasteiger charge is 2.28. The predicted octanol–water partition coefficient (Wildman–Crippen LogP) is 4.27. The van der Waals surface area contributed by atoms with E-state index in [2.05, 4.69) is 43.4 Å². The highest BCUT2D eigenvalue weighted by Crippen LogP contribution is 2.36. The molecular weight excluding hydrogens is 218 g/mol. The molecule has 0 bridgehead atoms. The molecule has 18 heavy (non-hydrogen) atoms. The lowest BCUT2D eigenvalue weighted by Gasteiger charge is -2.25.